The molecule has 0 spiro atoms. The summed E-state index contributed by atoms with van der Waals surface area (Å²) >= 11 is 0. The zero-order valence-electron chi connectivity index (χ0n) is 18.3. The number of likely N-dealkylation sites (N-methyl/N-ethyl adjacent to an activating group) is 2. The van der Waals surface area contributed by atoms with Crippen molar-refractivity contribution in [2.24, 2.45) is 0 Å². The lowest BCUT2D eigenvalue weighted by Gasteiger charge is -2.20. The molecule has 2 aromatic carbocycles. The Balaban J connectivity index is 2.03. The van der Waals surface area contributed by atoms with Crippen LogP contribution in [0.2, 0.25) is 0 Å². The molecule has 0 aliphatic carbocycles. The molecule has 0 unspecified atom stereocenters. The molecule has 32 heavy (non-hydrogen) atoms. The Morgan fingerprint density at radius 3 is 2.28 bits per heavy atom. The summed E-state index contributed by atoms with van der Waals surface area (Å²) < 4.78 is 28.9. The highest BCUT2D eigenvalue weighted by Crippen LogP contribution is 2.34. The van der Waals surface area contributed by atoms with Gasteiger partial charge in [0.05, 0.1) is 10.6 Å². The van der Waals surface area contributed by atoms with Gasteiger partial charge >= 0.3 is 0 Å². The minimum absolute atomic E-state index is 0.0623. The smallest absolute Gasteiger partial charge is 0.214 e. The van der Waals surface area contributed by atoms with Crippen molar-refractivity contribution in [3.63, 3.8) is 0 Å². The van der Waals surface area contributed by atoms with Crippen molar-refractivity contribution in [2.75, 3.05) is 44.4 Å². The van der Waals surface area contributed by atoms with Gasteiger partial charge in [-0.2, -0.15) is 4.52 Å². The number of aromatic nitrogens is 3. The monoisotopic (exact) mass is 450 g/mol. The van der Waals surface area contributed by atoms with Crippen molar-refractivity contribution >= 4 is 27.1 Å². The van der Waals surface area contributed by atoms with Crippen LogP contribution >= 0.6 is 0 Å². The largest absolute Gasteiger partial charge is 0.370 e. The molecule has 0 amide bonds. The van der Waals surface area contributed by atoms with E-state index >= 15 is 0 Å². The Kier molecular flexibility index (Phi) is 6.11. The number of nitrogens with zero attached hydrogens (tertiary/aromatic N) is 4. The Labute approximate surface area is 187 Å². The lowest BCUT2D eigenvalue weighted by molar-refractivity contribution is 0.597. The molecule has 4 aromatic rings. The predicted molar refractivity (Wildman–Crippen MR) is 127 cm³/mol. The van der Waals surface area contributed by atoms with Gasteiger partial charge in [0.1, 0.15) is 5.82 Å². The highest BCUT2D eigenvalue weighted by Gasteiger charge is 2.30. The molecule has 0 aliphatic heterocycles. The zero-order valence-corrected chi connectivity index (χ0v) is 19.1. The van der Waals surface area contributed by atoms with Crippen LogP contribution in [0.15, 0.2) is 76.5 Å². The van der Waals surface area contributed by atoms with E-state index in [0.717, 1.165) is 17.9 Å². The summed E-state index contributed by atoms with van der Waals surface area (Å²) in [5.41, 5.74) is 1.86. The molecule has 2 heterocycles. The summed E-state index contributed by atoms with van der Waals surface area (Å²) in [5, 5.41) is 10.7. The number of anilines is 2. The molecule has 4 rings (SSSR count). The number of hydrogen-bond acceptors (Lipinski definition) is 7. The molecule has 9 heteroatoms. The van der Waals surface area contributed by atoms with Crippen molar-refractivity contribution in [3.8, 4) is 11.3 Å². The van der Waals surface area contributed by atoms with Crippen molar-refractivity contribution in [2.45, 2.75) is 9.79 Å². The molecule has 0 atom stereocenters. The summed E-state index contributed by atoms with van der Waals surface area (Å²) in [6, 6.07) is 20.0. The molecule has 2 aromatic heterocycles. The maximum Gasteiger partial charge on any atom is 0.214 e. The zero-order chi connectivity index (χ0) is 22.7. The van der Waals surface area contributed by atoms with Gasteiger partial charge in [-0.05, 0) is 19.2 Å². The second-order valence-electron chi connectivity index (χ2n) is 7.37. The average molecular weight is 451 g/mol. The highest BCUT2D eigenvalue weighted by atomic mass is 32.2. The van der Waals surface area contributed by atoms with Crippen LogP contribution in [-0.2, 0) is 9.84 Å². The summed E-state index contributed by atoms with van der Waals surface area (Å²) in [5.74, 6) is 1.00. The number of sulfone groups is 1. The van der Waals surface area contributed by atoms with E-state index in [1.54, 1.807) is 41.9 Å². The fourth-order valence-electron chi connectivity index (χ4n) is 3.53. The van der Waals surface area contributed by atoms with Gasteiger partial charge in [0, 0.05) is 38.8 Å². The van der Waals surface area contributed by atoms with E-state index in [9.17, 15) is 8.42 Å². The molecule has 0 aliphatic rings. The molecule has 0 saturated carbocycles. The minimum Gasteiger partial charge on any atom is -0.370 e. The van der Waals surface area contributed by atoms with Crippen LogP contribution in [-0.4, -0.2) is 57.2 Å². The third-order valence-electron chi connectivity index (χ3n) is 5.24. The third kappa shape index (κ3) is 3.92. The van der Waals surface area contributed by atoms with Crippen LogP contribution in [0.4, 0.5) is 11.6 Å². The maximum atomic E-state index is 13.6. The first kappa shape index (κ1) is 21.8. The molecule has 8 nitrogen and oxygen atoms in total. The molecule has 2 N–H and O–H groups in total. The Bertz CT molecular complexity index is 1320. The van der Waals surface area contributed by atoms with Crippen LogP contribution in [0.1, 0.15) is 0 Å². The van der Waals surface area contributed by atoms with Gasteiger partial charge in [0.2, 0.25) is 9.84 Å². The predicted octanol–water partition coefficient (Wildman–Crippen LogP) is 2.93. The van der Waals surface area contributed by atoms with Gasteiger partial charge in [-0.25, -0.2) is 13.4 Å². The first-order chi connectivity index (χ1) is 15.5. The Morgan fingerprint density at radius 1 is 1.00 bits per heavy atom. The summed E-state index contributed by atoms with van der Waals surface area (Å²) in [6.45, 7) is 1.47. The van der Waals surface area contributed by atoms with Gasteiger partial charge in [0.15, 0.2) is 16.4 Å². The van der Waals surface area contributed by atoms with E-state index in [1.807, 2.05) is 55.4 Å². The van der Waals surface area contributed by atoms with Crippen molar-refractivity contribution in [1.29, 1.82) is 0 Å². The van der Waals surface area contributed by atoms with E-state index < -0.39 is 9.84 Å². The van der Waals surface area contributed by atoms with Crippen LogP contribution < -0.4 is 15.5 Å². The van der Waals surface area contributed by atoms with Gasteiger partial charge in [0.25, 0.3) is 0 Å². The summed E-state index contributed by atoms with van der Waals surface area (Å²) in [4.78, 5) is 7.06. The SMILES string of the molecule is CNCCN(C)c1cc(-c2ccccc2)nc2c(S(=O)(=O)c3ccccc3)c(NC)nn12. The number of rotatable bonds is 8. The third-order valence-corrected chi connectivity index (χ3v) is 7.05. The minimum atomic E-state index is -3.86. The second kappa shape index (κ2) is 8.97. The summed E-state index contributed by atoms with van der Waals surface area (Å²) in [7, 11) is 1.64. The average Bonchev–Trinajstić information content (AvgIpc) is 3.22. The van der Waals surface area contributed by atoms with E-state index in [1.165, 1.54) is 0 Å². The van der Waals surface area contributed by atoms with E-state index in [-0.39, 0.29) is 21.3 Å². The van der Waals surface area contributed by atoms with Crippen LogP contribution in [0, 0.1) is 0 Å². The molecular weight excluding hydrogens is 424 g/mol. The number of hydrogen-bond donors (Lipinski definition) is 2. The molecule has 0 fully saturated rings. The van der Waals surface area contributed by atoms with Crippen LogP contribution in [0.5, 0.6) is 0 Å². The van der Waals surface area contributed by atoms with Crippen LogP contribution in [0.25, 0.3) is 16.9 Å². The van der Waals surface area contributed by atoms with Crippen molar-refractivity contribution in [3.05, 3.63) is 66.7 Å². The van der Waals surface area contributed by atoms with E-state index in [0.29, 0.717) is 12.2 Å². The molecule has 0 saturated heterocycles. The van der Waals surface area contributed by atoms with Gasteiger partial charge in [-0.15, -0.1) is 5.10 Å². The Morgan fingerprint density at radius 2 is 1.66 bits per heavy atom. The topological polar surface area (TPSA) is 91.6 Å². The van der Waals surface area contributed by atoms with Crippen molar-refractivity contribution in [1.82, 2.24) is 19.9 Å². The number of fused-ring (bicyclic) bond motifs is 1. The quantitative estimate of drug-likeness (QED) is 0.426. The first-order valence-corrected chi connectivity index (χ1v) is 11.8. The highest BCUT2D eigenvalue weighted by molar-refractivity contribution is 7.91. The van der Waals surface area contributed by atoms with E-state index in [2.05, 4.69) is 15.7 Å². The summed E-state index contributed by atoms with van der Waals surface area (Å²) in [6.07, 6.45) is 0. The standard InChI is InChI=1S/C23H26N6O2S/c1-24-14-15-28(3)20-16-19(17-10-6-4-7-11-17)26-23-21(22(25-2)27-29(20)23)32(30,31)18-12-8-5-9-13-18/h4-13,16,24H,14-15H2,1-3H3,(H,25,27). The maximum absolute atomic E-state index is 13.6. The number of nitrogens with one attached hydrogen (secondary N) is 2. The lowest BCUT2D eigenvalue weighted by Crippen LogP contribution is -2.28. The second-order valence-corrected chi connectivity index (χ2v) is 9.26. The van der Waals surface area contributed by atoms with Gasteiger partial charge < -0.3 is 15.5 Å². The van der Waals surface area contributed by atoms with Gasteiger partial charge in [-0.1, -0.05) is 48.5 Å². The molecular formula is C23H26N6O2S. The lowest BCUT2D eigenvalue weighted by atomic mass is 10.1. The number of benzene rings is 2. The first-order valence-electron chi connectivity index (χ1n) is 10.3. The molecule has 0 radical (unpaired) electrons. The van der Waals surface area contributed by atoms with E-state index in [4.69, 9.17) is 4.98 Å². The molecule has 0 bridgehead atoms. The molecule has 166 valence electrons. The fourth-order valence-corrected chi connectivity index (χ4v) is 5.05. The van der Waals surface area contributed by atoms with Gasteiger partial charge in [-0.3, -0.25) is 0 Å². The van der Waals surface area contributed by atoms with Crippen molar-refractivity contribution < 1.29 is 8.42 Å². The normalized spacial score (nSPS) is 11.6. The van der Waals surface area contributed by atoms with Crippen LogP contribution in [0.3, 0.4) is 0 Å². The fraction of sp³-hybridized carbons (Fsp3) is 0.217. The Hall–Kier alpha value is -3.43.